The van der Waals surface area contributed by atoms with Crippen LogP contribution in [0.2, 0.25) is 0 Å². The van der Waals surface area contributed by atoms with Gasteiger partial charge < -0.3 is 19.7 Å². The number of ether oxygens (including phenoxy) is 2. The summed E-state index contributed by atoms with van der Waals surface area (Å²) in [5, 5.41) is 19.7. The second-order valence-electron chi connectivity index (χ2n) is 6.06. The van der Waals surface area contributed by atoms with Crippen LogP contribution in [0.3, 0.4) is 0 Å². The van der Waals surface area contributed by atoms with E-state index in [1.807, 2.05) is 0 Å². The van der Waals surface area contributed by atoms with Gasteiger partial charge in [-0.1, -0.05) is 18.2 Å². The maximum absolute atomic E-state index is 14.5. The zero-order valence-corrected chi connectivity index (χ0v) is 14.5. The molecule has 0 unspecified atom stereocenters. The van der Waals surface area contributed by atoms with Crippen molar-refractivity contribution < 1.29 is 28.9 Å². The summed E-state index contributed by atoms with van der Waals surface area (Å²) in [6.45, 7) is 1.50. The molecule has 2 heterocycles. The minimum absolute atomic E-state index is 0.244. The van der Waals surface area contributed by atoms with E-state index < -0.39 is 48.0 Å². The van der Waals surface area contributed by atoms with Gasteiger partial charge in [0.15, 0.2) is 17.9 Å². The Kier molecular flexibility index (Phi) is 5.22. The third kappa shape index (κ3) is 3.68. The van der Waals surface area contributed by atoms with Gasteiger partial charge in [-0.3, -0.25) is 9.47 Å². The molecule has 1 amide bonds. The maximum Gasteiger partial charge on any atom is 0.420 e. The summed E-state index contributed by atoms with van der Waals surface area (Å²) in [5.74, 6) is -1.31. The van der Waals surface area contributed by atoms with Crippen LogP contribution >= 0.6 is 0 Å². The minimum atomic E-state index is -1.43. The maximum atomic E-state index is 14.5. The lowest BCUT2D eigenvalue weighted by atomic mass is 10.1. The summed E-state index contributed by atoms with van der Waals surface area (Å²) in [7, 11) is 1.20. The molecule has 1 saturated heterocycles. The number of aliphatic hydroxyl groups excluding tert-OH is 2. The van der Waals surface area contributed by atoms with Gasteiger partial charge in [0.2, 0.25) is 0 Å². The van der Waals surface area contributed by atoms with Crippen molar-refractivity contribution >= 4 is 11.9 Å². The Morgan fingerprint density at radius 2 is 1.96 bits per heavy atom. The lowest BCUT2D eigenvalue weighted by molar-refractivity contribution is -0.0355. The molecule has 1 aliphatic heterocycles. The molecule has 1 fully saturated rings. The SMILES string of the molecule is C[C@@H]1O[C@H](n2cc(F)c(N(C)C(=O)Oc3ccccc3)nc2=O)[C@@H](O)[C@H]1O. The average Bonchev–Trinajstić information content (AvgIpc) is 2.90. The topological polar surface area (TPSA) is 114 Å². The van der Waals surface area contributed by atoms with Crippen molar-refractivity contribution in [2.24, 2.45) is 0 Å². The summed E-state index contributed by atoms with van der Waals surface area (Å²) in [6, 6.07) is 8.13. The molecule has 10 heteroatoms. The van der Waals surface area contributed by atoms with Gasteiger partial charge in [0, 0.05) is 7.05 Å². The van der Waals surface area contributed by atoms with E-state index in [9.17, 15) is 24.2 Å². The van der Waals surface area contributed by atoms with E-state index in [1.165, 1.54) is 14.0 Å². The molecule has 1 aliphatic rings. The summed E-state index contributed by atoms with van der Waals surface area (Å²) in [6.07, 6.45) is -4.87. The van der Waals surface area contributed by atoms with Crippen LogP contribution in [0.4, 0.5) is 15.0 Å². The number of aromatic nitrogens is 2. The lowest BCUT2D eigenvalue weighted by Gasteiger charge is -2.20. The van der Waals surface area contributed by atoms with Crippen LogP contribution in [-0.2, 0) is 4.74 Å². The van der Waals surface area contributed by atoms with Crippen LogP contribution in [0, 0.1) is 5.82 Å². The smallest absolute Gasteiger partial charge is 0.410 e. The fraction of sp³-hybridized carbons (Fsp3) is 0.353. The van der Waals surface area contributed by atoms with Gasteiger partial charge in [0.1, 0.15) is 18.0 Å². The van der Waals surface area contributed by atoms with Crippen LogP contribution in [-0.4, -0.2) is 51.2 Å². The number of halogens is 1. The summed E-state index contributed by atoms with van der Waals surface area (Å²) in [4.78, 5) is 28.7. The first kappa shape index (κ1) is 19.0. The third-order valence-electron chi connectivity index (χ3n) is 4.18. The van der Waals surface area contributed by atoms with E-state index in [0.717, 1.165) is 15.7 Å². The number of benzene rings is 1. The molecule has 0 bridgehead atoms. The number of aliphatic hydroxyl groups is 2. The fourth-order valence-electron chi connectivity index (χ4n) is 2.66. The van der Waals surface area contributed by atoms with Crippen molar-refractivity contribution in [3.05, 3.63) is 52.8 Å². The molecule has 27 heavy (non-hydrogen) atoms. The minimum Gasteiger partial charge on any atom is -0.410 e. The van der Waals surface area contributed by atoms with Crippen LogP contribution in [0.15, 0.2) is 41.3 Å². The van der Waals surface area contributed by atoms with Crippen LogP contribution < -0.4 is 15.3 Å². The van der Waals surface area contributed by atoms with Crippen molar-refractivity contribution in [2.75, 3.05) is 11.9 Å². The van der Waals surface area contributed by atoms with Crippen molar-refractivity contribution in [1.82, 2.24) is 9.55 Å². The quantitative estimate of drug-likeness (QED) is 0.805. The van der Waals surface area contributed by atoms with E-state index in [0.29, 0.717) is 0 Å². The number of amides is 1. The second-order valence-corrected chi connectivity index (χ2v) is 6.06. The second kappa shape index (κ2) is 7.43. The molecule has 3 rings (SSSR count). The van der Waals surface area contributed by atoms with E-state index in [1.54, 1.807) is 30.3 Å². The molecule has 1 aromatic heterocycles. The molecule has 144 valence electrons. The van der Waals surface area contributed by atoms with Crippen LogP contribution in [0.1, 0.15) is 13.2 Å². The molecule has 4 atom stereocenters. The molecule has 9 nitrogen and oxygen atoms in total. The van der Waals surface area contributed by atoms with Crippen LogP contribution in [0.5, 0.6) is 5.75 Å². The van der Waals surface area contributed by atoms with Gasteiger partial charge in [-0.15, -0.1) is 0 Å². The zero-order valence-electron chi connectivity index (χ0n) is 14.5. The predicted octanol–water partition coefficient (Wildman–Crippen LogP) is 0.657. The summed E-state index contributed by atoms with van der Waals surface area (Å²) < 4.78 is 25.6. The molecule has 1 aromatic carbocycles. The Morgan fingerprint density at radius 1 is 1.30 bits per heavy atom. The van der Waals surface area contributed by atoms with Gasteiger partial charge in [0.05, 0.1) is 12.3 Å². The van der Waals surface area contributed by atoms with Gasteiger partial charge in [-0.25, -0.2) is 14.0 Å². The normalized spacial score (nSPS) is 24.6. The Labute approximate surface area is 153 Å². The predicted molar refractivity (Wildman–Crippen MR) is 90.9 cm³/mol. The van der Waals surface area contributed by atoms with Gasteiger partial charge >= 0.3 is 11.8 Å². The summed E-state index contributed by atoms with van der Waals surface area (Å²) in [5.41, 5.74) is -0.962. The summed E-state index contributed by atoms with van der Waals surface area (Å²) >= 11 is 0. The molecule has 0 saturated carbocycles. The number of para-hydroxylation sites is 1. The fourth-order valence-corrected chi connectivity index (χ4v) is 2.66. The van der Waals surface area contributed by atoms with Crippen LogP contribution in [0.25, 0.3) is 0 Å². The monoisotopic (exact) mass is 379 g/mol. The lowest BCUT2D eigenvalue weighted by Crippen LogP contribution is -2.38. The molecule has 0 spiro atoms. The van der Waals surface area contributed by atoms with E-state index in [4.69, 9.17) is 9.47 Å². The Bertz CT molecular complexity index is 890. The Morgan fingerprint density at radius 3 is 2.56 bits per heavy atom. The zero-order chi connectivity index (χ0) is 19.7. The first-order valence-corrected chi connectivity index (χ1v) is 8.10. The first-order valence-electron chi connectivity index (χ1n) is 8.10. The van der Waals surface area contributed by atoms with E-state index >= 15 is 0 Å². The number of nitrogens with zero attached hydrogens (tertiary/aromatic N) is 3. The van der Waals surface area contributed by atoms with Crippen molar-refractivity contribution in [2.45, 2.75) is 31.5 Å². The molecule has 0 aliphatic carbocycles. The van der Waals surface area contributed by atoms with Crippen molar-refractivity contribution in [3.8, 4) is 5.75 Å². The van der Waals surface area contributed by atoms with E-state index in [-0.39, 0.29) is 5.75 Å². The molecular formula is C17H18FN3O6. The van der Waals surface area contributed by atoms with Crippen molar-refractivity contribution in [1.29, 1.82) is 0 Å². The Balaban J connectivity index is 1.84. The molecule has 2 N–H and O–H groups in total. The average molecular weight is 379 g/mol. The highest BCUT2D eigenvalue weighted by Crippen LogP contribution is 2.28. The highest BCUT2D eigenvalue weighted by molar-refractivity contribution is 5.87. The molecule has 0 radical (unpaired) electrons. The number of rotatable bonds is 3. The van der Waals surface area contributed by atoms with Gasteiger partial charge in [-0.2, -0.15) is 4.98 Å². The third-order valence-corrected chi connectivity index (χ3v) is 4.18. The van der Waals surface area contributed by atoms with Crippen molar-refractivity contribution in [3.63, 3.8) is 0 Å². The number of carbonyl (C=O) groups excluding carboxylic acids is 1. The Hall–Kier alpha value is -2.82. The number of hydrogen-bond acceptors (Lipinski definition) is 7. The first-order chi connectivity index (χ1) is 12.8. The van der Waals surface area contributed by atoms with Gasteiger partial charge in [-0.05, 0) is 19.1 Å². The highest BCUT2D eigenvalue weighted by Gasteiger charge is 2.42. The highest BCUT2D eigenvalue weighted by atomic mass is 19.1. The van der Waals surface area contributed by atoms with E-state index in [2.05, 4.69) is 4.98 Å². The van der Waals surface area contributed by atoms with Gasteiger partial charge in [0.25, 0.3) is 0 Å². The number of hydrogen-bond donors (Lipinski definition) is 2. The number of carbonyl (C=O) groups is 1. The number of anilines is 1. The largest absolute Gasteiger partial charge is 0.420 e. The molecular weight excluding hydrogens is 361 g/mol. The molecule has 2 aromatic rings. The standard InChI is InChI=1S/C17H18FN3O6/c1-9-12(22)13(23)15(26-9)21-8-11(18)14(19-16(21)24)20(2)17(25)27-10-6-4-3-5-7-10/h3-9,12-13,15,22-23H,1-2H3/t9-,12-,13-,15-/m0/s1.